The van der Waals surface area contributed by atoms with Gasteiger partial charge in [-0.05, 0) is 79.0 Å². The van der Waals surface area contributed by atoms with E-state index in [1.165, 1.54) is 56.9 Å². The second-order valence-electron chi connectivity index (χ2n) is 8.87. The van der Waals surface area contributed by atoms with Crippen LogP contribution in [0.2, 0.25) is 0 Å². The van der Waals surface area contributed by atoms with Gasteiger partial charge in [0.05, 0.1) is 5.56 Å². The predicted octanol–water partition coefficient (Wildman–Crippen LogP) is 8.71. The van der Waals surface area contributed by atoms with E-state index in [1.807, 2.05) is 30.3 Å². The SMILES string of the molecule is C=CCC(c1ccc(C(=O)Oc2ccc(Br)cc2)cc1)C1CCC(CCCCC)CC1. The third-order valence-corrected chi connectivity index (χ3v) is 7.22. The summed E-state index contributed by atoms with van der Waals surface area (Å²) in [6.45, 7) is 6.29. The number of hydrogen-bond donors (Lipinski definition) is 0. The van der Waals surface area contributed by atoms with Crippen LogP contribution in [0.15, 0.2) is 65.7 Å². The molecule has 0 radical (unpaired) electrons. The summed E-state index contributed by atoms with van der Waals surface area (Å²) < 4.78 is 6.45. The molecule has 0 bridgehead atoms. The normalized spacial score (nSPS) is 19.5. The van der Waals surface area contributed by atoms with Gasteiger partial charge in [0.15, 0.2) is 0 Å². The Hall–Kier alpha value is -1.87. The number of allylic oxidation sites excluding steroid dienone is 1. The summed E-state index contributed by atoms with van der Waals surface area (Å²) in [4.78, 5) is 12.5. The molecule has 1 aliphatic carbocycles. The van der Waals surface area contributed by atoms with Gasteiger partial charge in [-0.3, -0.25) is 0 Å². The second-order valence-corrected chi connectivity index (χ2v) is 9.79. The van der Waals surface area contributed by atoms with E-state index >= 15 is 0 Å². The van der Waals surface area contributed by atoms with E-state index in [0.29, 0.717) is 23.1 Å². The zero-order chi connectivity index (χ0) is 22.1. The molecule has 0 amide bonds. The van der Waals surface area contributed by atoms with E-state index in [9.17, 15) is 4.79 Å². The fraction of sp³-hybridized carbons (Fsp3) is 0.464. The summed E-state index contributed by atoms with van der Waals surface area (Å²) in [5.41, 5.74) is 1.90. The minimum absolute atomic E-state index is 0.318. The van der Waals surface area contributed by atoms with Crippen molar-refractivity contribution in [1.82, 2.24) is 0 Å². The van der Waals surface area contributed by atoms with Gasteiger partial charge in [0, 0.05) is 4.47 Å². The van der Waals surface area contributed by atoms with Gasteiger partial charge in [0.2, 0.25) is 0 Å². The van der Waals surface area contributed by atoms with Crippen molar-refractivity contribution in [2.75, 3.05) is 0 Å². The minimum atomic E-state index is -0.318. The Kier molecular flexibility index (Phi) is 9.39. The molecule has 0 aliphatic heterocycles. The maximum absolute atomic E-state index is 12.5. The molecule has 1 unspecified atom stereocenters. The van der Waals surface area contributed by atoms with Crippen LogP contribution in [-0.2, 0) is 0 Å². The summed E-state index contributed by atoms with van der Waals surface area (Å²) in [5.74, 6) is 2.36. The van der Waals surface area contributed by atoms with Crippen LogP contribution >= 0.6 is 15.9 Å². The highest BCUT2D eigenvalue weighted by Crippen LogP contribution is 2.41. The summed E-state index contributed by atoms with van der Waals surface area (Å²) in [6, 6.07) is 15.3. The van der Waals surface area contributed by atoms with Gasteiger partial charge >= 0.3 is 5.97 Å². The molecule has 0 saturated heterocycles. The molecule has 3 heteroatoms. The molecule has 1 saturated carbocycles. The van der Waals surface area contributed by atoms with Gasteiger partial charge in [0.25, 0.3) is 0 Å². The molecule has 166 valence electrons. The van der Waals surface area contributed by atoms with Crippen molar-refractivity contribution < 1.29 is 9.53 Å². The topological polar surface area (TPSA) is 26.3 Å². The standard InChI is InChI=1S/C28H35BrO2/c1-3-5-6-8-21-9-11-22(12-10-21)27(7-4-2)23-13-15-24(16-14-23)28(30)31-26-19-17-25(29)18-20-26/h4,13-22,27H,2-3,5-12H2,1H3. The molecule has 31 heavy (non-hydrogen) atoms. The number of carbonyl (C=O) groups excluding carboxylic acids is 1. The summed E-state index contributed by atoms with van der Waals surface area (Å²) in [5, 5.41) is 0. The first-order valence-electron chi connectivity index (χ1n) is 11.8. The number of hydrogen-bond acceptors (Lipinski definition) is 2. The Morgan fingerprint density at radius 1 is 1.06 bits per heavy atom. The van der Waals surface area contributed by atoms with Gasteiger partial charge in [-0.1, -0.05) is 79.6 Å². The van der Waals surface area contributed by atoms with Crippen molar-refractivity contribution in [3.05, 3.63) is 76.8 Å². The van der Waals surface area contributed by atoms with Crippen molar-refractivity contribution in [2.24, 2.45) is 11.8 Å². The van der Waals surface area contributed by atoms with Crippen molar-refractivity contribution in [2.45, 2.75) is 70.6 Å². The third kappa shape index (κ3) is 7.07. The Labute approximate surface area is 196 Å². The Morgan fingerprint density at radius 3 is 2.35 bits per heavy atom. The third-order valence-electron chi connectivity index (χ3n) is 6.70. The second kappa shape index (κ2) is 12.2. The number of halogens is 1. The molecule has 1 aliphatic rings. The van der Waals surface area contributed by atoms with E-state index in [-0.39, 0.29) is 5.97 Å². The molecule has 1 fully saturated rings. The Balaban J connectivity index is 1.59. The maximum atomic E-state index is 12.5. The van der Waals surface area contributed by atoms with Crippen molar-refractivity contribution in [1.29, 1.82) is 0 Å². The number of rotatable bonds is 10. The van der Waals surface area contributed by atoms with Crippen LogP contribution in [0.5, 0.6) is 5.75 Å². The number of carbonyl (C=O) groups is 1. The van der Waals surface area contributed by atoms with E-state index in [2.05, 4.69) is 41.6 Å². The quantitative estimate of drug-likeness (QED) is 0.146. The van der Waals surface area contributed by atoms with E-state index < -0.39 is 0 Å². The van der Waals surface area contributed by atoms with Crippen LogP contribution in [0.3, 0.4) is 0 Å². The predicted molar refractivity (Wildman–Crippen MR) is 133 cm³/mol. The van der Waals surface area contributed by atoms with Crippen LogP contribution < -0.4 is 4.74 Å². The summed E-state index contributed by atoms with van der Waals surface area (Å²) in [7, 11) is 0. The van der Waals surface area contributed by atoms with Crippen LogP contribution in [0.1, 0.15) is 86.6 Å². The molecule has 0 N–H and O–H groups in total. The lowest BCUT2D eigenvalue weighted by molar-refractivity contribution is 0.0734. The van der Waals surface area contributed by atoms with Crippen LogP contribution in [0, 0.1) is 11.8 Å². The summed E-state index contributed by atoms with van der Waals surface area (Å²) >= 11 is 3.39. The minimum Gasteiger partial charge on any atom is -0.423 e. The highest BCUT2D eigenvalue weighted by molar-refractivity contribution is 9.10. The first-order valence-corrected chi connectivity index (χ1v) is 12.6. The average molecular weight is 483 g/mol. The fourth-order valence-electron chi connectivity index (χ4n) is 4.88. The van der Waals surface area contributed by atoms with Crippen molar-refractivity contribution in [3.8, 4) is 5.75 Å². The Morgan fingerprint density at radius 2 is 1.74 bits per heavy atom. The van der Waals surface area contributed by atoms with Gasteiger partial charge in [-0.2, -0.15) is 0 Å². The molecule has 0 heterocycles. The number of ether oxygens (including phenoxy) is 1. The smallest absolute Gasteiger partial charge is 0.343 e. The molecule has 3 rings (SSSR count). The molecule has 0 spiro atoms. The average Bonchev–Trinajstić information content (AvgIpc) is 2.80. The van der Waals surface area contributed by atoms with Crippen molar-refractivity contribution in [3.63, 3.8) is 0 Å². The van der Waals surface area contributed by atoms with Crippen LogP contribution in [0.25, 0.3) is 0 Å². The maximum Gasteiger partial charge on any atom is 0.343 e. The first-order chi connectivity index (χ1) is 15.1. The first kappa shape index (κ1) is 23.8. The van der Waals surface area contributed by atoms with Crippen molar-refractivity contribution >= 4 is 21.9 Å². The zero-order valence-corrected chi connectivity index (χ0v) is 20.3. The van der Waals surface area contributed by atoms with E-state index in [0.717, 1.165) is 16.8 Å². The van der Waals surface area contributed by atoms with Gasteiger partial charge in [-0.15, -0.1) is 6.58 Å². The lowest BCUT2D eigenvalue weighted by Gasteiger charge is -2.34. The zero-order valence-electron chi connectivity index (χ0n) is 18.7. The van der Waals surface area contributed by atoms with Crippen LogP contribution in [-0.4, -0.2) is 5.97 Å². The highest BCUT2D eigenvalue weighted by atomic mass is 79.9. The lowest BCUT2D eigenvalue weighted by atomic mass is 9.71. The molecule has 1 atom stereocenters. The molecular weight excluding hydrogens is 448 g/mol. The largest absolute Gasteiger partial charge is 0.423 e. The summed E-state index contributed by atoms with van der Waals surface area (Å²) in [6.07, 6.45) is 13.9. The fourth-order valence-corrected chi connectivity index (χ4v) is 5.14. The number of unbranched alkanes of at least 4 members (excludes halogenated alkanes) is 2. The number of benzene rings is 2. The monoisotopic (exact) mass is 482 g/mol. The molecule has 0 aromatic heterocycles. The van der Waals surface area contributed by atoms with Gasteiger partial charge in [-0.25, -0.2) is 4.79 Å². The molecule has 2 nitrogen and oxygen atoms in total. The number of esters is 1. The Bertz CT molecular complexity index is 817. The van der Waals surface area contributed by atoms with Crippen LogP contribution in [0.4, 0.5) is 0 Å². The highest BCUT2D eigenvalue weighted by Gasteiger charge is 2.28. The molecular formula is C28H35BrO2. The molecule has 2 aromatic rings. The molecule has 2 aromatic carbocycles. The van der Waals surface area contributed by atoms with E-state index in [1.54, 1.807) is 12.1 Å². The van der Waals surface area contributed by atoms with Gasteiger partial charge < -0.3 is 4.74 Å². The van der Waals surface area contributed by atoms with Gasteiger partial charge in [0.1, 0.15) is 5.75 Å². The van der Waals surface area contributed by atoms with E-state index in [4.69, 9.17) is 4.74 Å². The lowest BCUT2D eigenvalue weighted by Crippen LogP contribution is -2.20.